The molecule has 3 heteroatoms. The second kappa shape index (κ2) is 3.42. The number of nitrogens with zero attached hydrogens (tertiary/aromatic N) is 1. The van der Waals surface area contributed by atoms with E-state index in [0.717, 1.165) is 5.69 Å². The quantitative estimate of drug-likeness (QED) is 0.719. The Hall–Kier alpha value is -1.35. The Kier molecular flexibility index (Phi) is 2.25. The Morgan fingerprint density at radius 2 is 2.00 bits per heavy atom. The molecule has 1 heterocycles. The highest BCUT2D eigenvalue weighted by Gasteiger charge is 2.27. The number of benzene rings is 1. The lowest BCUT2D eigenvalue weighted by Crippen LogP contribution is -2.27. The van der Waals surface area contributed by atoms with Crippen LogP contribution in [0.15, 0.2) is 24.3 Å². The molecule has 0 aromatic heterocycles. The van der Waals surface area contributed by atoms with Crippen LogP contribution in [0.4, 0.5) is 5.69 Å². The Morgan fingerprint density at radius 1 is 1.36 bits per heavy atom. The maximum absolute atomic E-state index is 11.5. The predicted octanol–water partition coefficient (Wildman–Crippen LogP) is 1.06. The highest BCUT2D eigenvalue weighted by atomic mass is 16.2. The molecule has 1 atom stereocenters. The smallest absolute Gasteiger partial charge is 0.228 e. The van der Waals surface area contributed by atoms with Crippen molar-refractivity contribution >= 4 is 11.6 Å². The van der Waals surface area contributed by atoms with Crippen LogP contribution in [-0.4, -0.2) is 18.5 Å². The fourth-order valence-corrected chi connectivity index (χ4v) is 1.71. The van der Waals surface area contributed by atoms with Crippen LogP contribution in [0.2, 0.25) is 0 Å². The van der Waals surface area contributed by atoms with E-state index in [1.807, 2.05) is 31.2 Å². The Labute approximate surface area is 83.5 Å². The lowest BCUT2D eigenvalue weighted by atomic mass is 10.2. The van der Waals surface area contributed by atoms with Crippen LogP contribution in [0, 0.1) is 6.92 Å². The van der Waals surface area contributed by atoms with E-state index in [1.165, 1.54) is 5.56 Å². The minimum absolute atomic E-state index is 0.0104. The molecule has 2 N–H and O–H groups in total. The minimum Gasteiger partial charge on any atom is -0.326 e. The Balaban J connectivity index is 2.23. The van der Waals surface area contributed by atoms with E-state index < -0.39 is 0 Å². The van der Waals surface area contributed by atoms with Crippen LogP contribution in [0.25, 0.3) is 0 Å². The number of carbonyl (C=O) groups excluding carboxylic acids is 1. The Bertz CT molecular complexity index is 345. The number of hydrogen-bond acceptors (Lipinski definition) is 2. The van der Waals surface area contributed by atoms with Crippen molar-refractivity contribution in [2.45, 2.75) is 19.4 Å². The van der Waals surface area contributed by atoms with Crippen LogP contribution in [0.5, 0.6) is 0 Å². The highest BCUT2D eigenvalue weighted by Crippen LogP contribution is 2.20. The number of carbonyl (C=O) groups is 1. The summed E-state index contributed by atoms with van der Waals surface area (Å²) in [4.78, 5) is 13.3. The van der Waals surface area contributed by atoms with Gasteiger partial charge in [-0.3, -0.25) is 4.79 Å². The van der Waals surface area contributed by atoms with Gasteiger partial charge in [0.1, 0.15) is 0 Å². The topological polar surface area (TPSA) is 46.3 Å². The summed E-state index contributed by atoms with van der Waals surface area (Å²) in [5.74, 6) is 0.126. The average Bonchev–Trinajstić information content (AvgIpc) is 2.47. The molecule has 0 radical (unpaired) electrons. The van der Waals surface area contributed by atoms with E-state index >= 15 is 0 Å². The molecule has 0 bridgehead atoms. The first-order chi connectivity index (χ1) is 6.66. The summed E-state index contributed by atoms with van der Waals surface area (Å²) in [6, 6.07) is 7.93. The van der Waals surface area contributed by atoms with Gasteiger partial charge in [0.15, 0.2) is 0 Å². The van der Waals surface area contributed by atoms with Gasteiger partial charge in [0.05, 0.1) is 0 Å². The second-order valence-corrected chi connectivity index (χ2v) is 3.80. The van der Waals surface area contributed by atoms with Gasteiger partial charge in [-0.05, 0) is 19.1 Å². The van der Waals surface area contributed by atoms with E-state index in [9.17, 15) is 4.79 Å². The Morgan fingerprint density at radius 3 is 2.50 bits per heavy atom. The SMILES string of the molecule is Cc1ccc(N2C[C@@H](N)CC2=O)cc1. The molecule has 2 rings (SSSR count). The maximum Gasteiger partial charge on any atom is 0.228 e. The van der Waals surface area contributed by atoms with Crippen molar-refractivity contribution < 1.29 is 4.79 Å². The third-order valence-corrected chi connectivity index (χ3v) is 2.50. The van der Waals surface area contributed by atoms with Gasteiger partial charge >= 0.3 is 0 Å². The lowest BCUT2D eigenvalue weighted by Gasteiger charge is -2.15. The predicted molar refractivity (Wildman–Crippen MR) is 56.1 cm³/mol. The van der Waals surface area contributed by atoms with Crippen LogP contribution in [0.3, 0.4) is 0 Å². The van der Waals surface area contributed by atoms with Gasteiger partial charge in [-0.25, -0.2) is 0 Å². The zero-order chi connectivity index (χ0) is 10.1. The summed E-state index contributed by atoms with van der Waals surface area (Å²) < 4.78 is 0. The van der Waals surface area contributed by atoms with Crippen molar-refractivity contribution in [3.05, 3.63) is 29.8 Å². The molecule has 14 heavy (non-hydrogen) atoms. The summed E-state index contributed by atoms with van der Waals surface area (Å²) in [5.41, 5.74) is 7.87. The summed E-state index contributed by atoms with van der Waals surface area (Å²) in [6.07, 6.45) is 0.466. The lowest BCUT2D eigenvalue weighted by molar-refractivity contribution is -0.117. The second-order valence-electron chi connectivity index (χ2n) is 3.80. The molecule has 1 saturated heterocycles. The van der Waals surface area contributed by atoms with Crippen LogP contribution >= 0.6 is 0 Å². The number of amides is 1. The van der Waals surface area contributed by atoms with E-state index in [0.29, 0.717) is 13.0 Å². The molecule has 1 fully saturated rings. The van der Waals surface area contributed by atoms with Crippen molar-refractivity contribution in [2.24, 2.45) is 5.73 Å². The van der Waals surface area contributed by atoms with Crippen LogP contribution in [-0.2, 0) is 4.79 Å². The number of hydrogen-bond donors (Lipinski definition) is 1. The van der Waals surface area contributed by atoms with Crippen molar-refractivity contribution in [3.63, 3.8) is 0 Å². The first-order valence-electron chi connectivity index (χ1n) is 4.79. The highest BCUT2D eigenvalue weighted by molar-refractivity contribution is 5.96. The molecule has 3 nitrogen and oxygen atoms in total. The molecule has 0 aliphatic carbocycles. The monoisotopic (exact) mass is 190 g/mol. The standard InChI is InChI=1S/C11H14N2O/c1-8-2-4-10(5-3-8)13-7-9(12)6-11(13)14/h2-5,9H,6-7,12H2,1H3/t9-/m0/s1. The summed E-state index contributed by atoms with van der Waals surface area (Å²) in [6.45, 7) is 2.67. The summed E-state index contributed by atoms with van der Waals surface area (Å²) >= 11 is 0. The fraction of sp³-hybridized carbons (Fsp3) is 0.364. The first kappa shape index (κ1) is 9.21. The van der Waals surface area contributed by atoms with Gasteiger partial charge in [-0.15, -0.1) is 0 Å². The molecule has 0 spiro atoms. The molecule has 1 aromatic rings. The molecular weight excluding hydrogens is 176 g/mol. The molecule has 1 aliphatic heterocycles. The van der Waals surface area contributed by atoms with E-state index in [2.05, 4.69) is 0 Å². The third-order valence-electron chi connectivity index (χ3n) is 2.50. The molecule has 0 unspecified atom stereocenters. The number of nitrogens with two attached hydrogens (primary N) is 1. The zero-order valence-electron chi connectivity index (χ0n) is 8.23. The van der Waals surface area contributed by atoms with Crippen molar-refractivity contribution in [2.75, 3.05) is 11.4 Å². The van der Waals surface area contributed by atoms with Gasteiger partial charge in [0, 0.05) is 24.7 Å². The van der Waals surface area contributed by atoms with Crippen molar-refractivity contribution in [3.8, 4) is 0 Å². The van der Waals surface area contributed by atoms with Gasteiger partial charge in [-0.2, -0.15) is 0 Å². The third kappa shape index (κ3) is 1.63. The fourth-order valence-electron chi connectivity index (χ4n) is 1.71. The normalized spacial score (nSPS) is 21.7. The minimum atomic E-state index is -0.0104. The van der Waals surface area contributed by atoms with Crippen molar-refractivity contribution in [1.82, 2.24) is 0 Å². The number of aryl methyl sites for hydroxylation is 1. The molecular formula is C11H14N2O. The van der Waals surface area contributed by atoms with E-state index in [-0.39, 0.29) is 11.9 Å². The van der Waals surface area contributed by atoms with Crippen LogP contribution in [0.1, 0.15) is 12.0 Å². The van der Waals surface area contributed by atoms with Crippen LogP contribution < -0.4 is 10.6 Å². The molecule has 74 valence electrons. The zero-order valence-corrected chi connectivity index (χ0v) is 8.23. The average molecular weight is 190 g/mol. The number of anilines is 1. The molecule has 1 amide bonds. The van der Waals surface area contributed by atoms with Gasteiger partial charge < -0.3 is 10.6 Å². The van der Waals surface area contributed by atoms with Gasteiger partial charge in [-0.1, -0.05) is 17.7 Å². The molecule has 0 saturated carbocycles. The largest absolute Gasteiger partial charge is 0.326 e. The maximum atomic E-state index is 11.5. The van der Waals surface area contributed by atoms with E-state index in [1.54, 1.807) is 4.90 Å². The number of rotatable bonds is 1. The molecule has 1 aliphatic rings. The van der Waals surface area contributed by atoms with Gasteiger partial charge in [0.2, 0.25) is 5.91 Å². The van der Waals surface area contributed by atoms with E-state index in [4.69, 9.17) is 5.73 Å². The molecule has 1 aromatic carbocycles. The summed E-state index contributed by atoms with van der Waals surface area (Å²) in [7, 11) is 0. The van der Waals surface area contributed by atoms with Gasteiger partial charge in [0.25, 0.3) is 0 Å². The summed E-state index contributed by atoms with van der Waals surface area (Å²) in [5, 5.41) is 0. The van der Waals surface area contributed by atoms with Crippen molar-refractivity contribution in [1.29, 1.82) is 0 Å². The first-order valence-corrected chi connectivity index (χ1v) is 4.79.